The monoisotopic (exact) mass is 384 g/mol. The summed E-state index contributed by atoms with van der Waals surface area (Å²) in [4.78, 5) is 38.6. The quantitative estimate of drug-likeness (QED) is 0.646. The van der Waals surface area contributed by atoms with Crippen LogP contribution in [0.5, 0.6) is 11.5 Å². The maximum atomic E-state index is 13.8. The van der Waals surface area contributed by atoms with E-state index in [9.17, 15) is 18.8 Å². The fourth-order valence-electron chi connectivity index (χ4n) is 3.31. The number of benzene rings is 2. The Hall–Kier alpha value is -3.42. The first kappa shape index (κ1) is 18.0. The van der Waals surface area contributed by atoms with Gasteiger partial charge in [-0.05, 0) is 36.8 Å². The van der Waals surface area contributed by atoms with Crippen LogP contribution in [0, 0.1) is 5.82 Å². The van der Waals surface area contributed by atoms with Crippen LogP contribution in [-0.4, -0.2) is 42.4 Å². The van der Waals surface area contributed by atoms with Crippen molar-refractivity contribution in [1.82, 2.24) is 10.2 Å². The van der Waals surface area contributed by atoms with Crippen molar-refractivity contribution in [2.75, 3.05) is 19.8 Å². The summed E-state index contributed by atoms with van der Waals surface area (Å²) in [6.45, 7) is 1.82. The van der Waals surface area contributed by atoms with E-state index in [1.807, 2.05) is 0 Å². The minimum atomic E-state index is -1.37. The van der Waals surface area contributed by atoms with Crippen molar-refractivity contribution in [3.05, 3.63) is 59.4 Å². The smallest absolute Gasteiger partial charge is 0.325 e. The van der Waals surface area contributed by atoms with Gasteiger partial charge in [-0.3, -0.25) is 14.5 Å². The Morgan fingerprint density at radius 1 is 1.14 bits per heavy atom. The van der Waals surface area contributed by atoms with Gasteiger partial charge in [0, 0.05) is 0 Å². The highest BCUT2D eigenvalue weighted by Gasteiger charge is 2.49. The molecule has 0 spiro atoms. The van der Waals surface area contributed by atoms with E-state index in [0.717, 1.165) is 11.0 Å². The molecule has 8 heteroatoms. The molecule has 1 atom stereocenters. The van der Waals surface area contributed by atoms with Gasteiger partial charge in [-0.15, -0.1) is 0 Å². The Morgan fingerprint density at radius 3 is 2.61 bits per heavy atom. The van der Waals surface area contributed by atoms with Gasteiger partial charge in [0.25, 0.3) is 5.91 Å². The Balaban J connectivity index is 1.60. The highest BCUT2D eigenvalue weighted by molar-refractivity contribution is 6.11. The molecule has 2 aliphatic rings. The number of carbonyl (C=O) groups is 3. The van der Waals surface area contributed by atoms with Crippen LogP contribution in [-0.2, 0) is 10.3 Å². The molecular formula is C20H17FN2O5. The van der Waals surface area contributed by atoms with Gasteiger partial charge in [0.05, 0.1) is 12.1 Å². The number of amides is 3. The number of nitrogens with zero attached hydrogens (tertiary/aromatic N) is 1. The average Bonchev–Trinajstić information content (AvgIpc) is 2.92. The van der Waals surface area contributed by atoms with E-state index < -0.39 is 35.6 Å². The minimum absolute atomic E-state index is 0.170. The van der Waals surface area contributed by atoms with Gasteiger partial charge >= 0.3 is 6.03 Å². The molecule has 1 N–H and O–H groups in total. The number of fused-ring (bicyclic) bond motifs is 1. The zero-order valence-electron chi connectivity index (χ0n) is 15.0. The molecule has 1 fully saturated rings. The lowest BCUT2D eigenvalue weighted by Crippen LogP contribution is -2.41. The van der Waals surface area contributed by atoms with Crippen LogP contribution in [0.3, 0.4) is 0 Å². The zero-order chi connectivity index (χ0) is 19.9. The molecule has 0 aromatic heterocycles. The zero-order valence-corrected chi connectivity index (χ0v) is 15.0. The topological polar surface area (TPSA) is 84.9 Å². The summed E-state index contributed by atoms with van der Waals surface area (Å²) in [5, 5.41) is 2.62. The second-order valence-corrected chi connectivity index (χ2v) is 6.71. The summed E-state index contributed by atoms with van der Waals surface area (Å²) in [5.41, 5.74) is -1.05. The molecule has 144 valence electrons. The van der Waals surface area contributed by atoms with E-state index in [0.29, 0.717) is 30.3 Å². The molecule has 3 amide bonds. The lowest BCUT2D eigenvalue weighted by molar-refractivity contribution is -0.130. The van der Waals surface area contributed by atoms with Gasteiger partial charge in [0.2, 0.25) is 0 Å². The Bertz CT molecular complexity index is 992. The standard InChI is InChI=1S/C20H17FN2O5/c1-20(12-6-7-16-17(10-12)28-9-8-27-16)18(25)23(19(26)22-20)11-15(24)13-4-2-3-5-14(13)21/h2-7,10H,8-9,11H2,1H3,(H,22,26). The summed E-state index contributed by atoms with van der Waals surface area (Å²) < 4.78 is 24.8. The minimum Gasteiger partial charge on any atom is -0.486 e. The number of halogens is 1. The number of Topliss-reactive ketones (excluding diaryl/α,β-unsaturated/α-hetero) is 1. The van der Waals surface area contributed by atoms with Crippen molar-refractivity contribution in [1.29, 1.82) is 0 Å². The second kappa shape index (κ2) is 6.63. The average molecular weight is 384 g/mol. The van der Waals surface area contributed by atoms with Crippen molar-refractivity contribution in [3.63, 3.8) is 0 Å². The normalized spacial score (nSPS) is 20.9. The third-order valence-electron chi connectivity index (χ3n) is 4.87. The van der Waals surface area contributed by atoms with E-state index in [4.69, 9.17) is 9.47 Å². The van der Waals surface area contributed by atoms with Crippen molar-refractivity contribution in [2.24, 2.45) is 0 Å². The van der Waals surface area contributed by atoms with Crippen LogP contribution in [0.2, 0.25) is 0 Å². The van der Waals surface area contributed by atoms with Crippen LogP contribution in [0.1, 0.15) is 22.8 Å². The Labute approximate surface area is 160 Å². The highest BCUT2D eigenvalue weighted by Crippen LogP contribution is 2.36. The molecule has 28 heavy (non-hydrogen) atoms. The highest BCUT2D eigenvalue weighted by atomic mass is 19.1. The van der Waals surface area contributed by atoms with E-state index >= 15 is 0 Å². The second-order valence-electron chi connectivity index (χ2n) is 6.71. The third kappa shape index (κ3) is 2.87. The summed E-state index contributed by atoms with van der Waals surface area (Å²) in [6, 6.07) is 9.69. The van der Waals surface area contributed by atoms with Gasteiger partial charge in [-0.2, -0.15) is 0 Å². The molecule has 0 aliphatic carbocycles. The fourth-order valence-corrected chi connectivity index (χ4v) is 3.31. The number of ketones is 1. The van der Waals surface area contributed by atoms with Crippen molar-refractivity contribution in [2.45, 2.75) is 12.5 Å². The van der Waals surface area contributed by atoms with Gasteiger partial charge in [0.1, 0.15) is 24.6 Å². The molecule has 0 radical (unpaired) electrons. The molecule has 0 bridgehead atoms. The molecule has 4 rings (SSSR count). The van der Waals surface area contributed by atoms with Gasteiger partial charge < -0.3 is 14.8 Å². The number of rotatable bonds is 4. The molecule has 1 saturated heterocycles. The number of hydrogen-bond acceptors (Lipinski definition) is 5. The van der Waals surface area contributed by atoms with Crippen molar-refractivity contribution < 1.29 is 28.2 Å². The number of hydrogen-bond donors (Lipinski definition) is 1. The van der Waals surface area contributed by atoms with E-state index in [1.54, 1.807) is 25.1 Å². The Morgan fingerprint density at radius 2 is 1.86 bits per heavy atom. The Kier molecular flexibility index (Phi) is 4.26. The van der Waals surface area contributed by atoms with Crippen LogP contribution >= 0.6 is 0 Å². The molecular weight excluding hydrogens is 367 g/mol. The largest absolute Gasteiger partial charge is 0.486 e. The van der Waals surface area contributed by atoms with Gasteiger partial charge in [0.15, 0.2) is 17.3 Å². The summed E-state index contributed by atoms with van der Waals surface area (Å²) >= 11 is 0. The molecule has 7 nitrogen and oxygen atoms in total. The van der Waals surface area contributed by atoms with E-state index in [1.165, 1.54) is 18.2 Å². The first-order chi connectivity index (χ1) is 13.4. The lowest BCUT2D eigenvalue weighted by Gasteiger charge is -2.25. The number of nitrogens with one attached hydrogen (secondary N) is 1. The fraction of sp³-hybridized carbons (Fsp3) is 0.250. The third-order valence-corrected chi connectivity index (χ3v) is 4.87. The number of ether oxygens (including phenoxy) is 2. The molecule has 1 unspecified atom stereocenters. The first-order valence-electron chi connectivity index (χ1n) is 8.72. The van der Waals surface area contributed by atoms with Crippen LogP contribution in [0.4, 0.5) is 9.18 Å². The molecule has 2 aromatic rings. The van der Waals surface area contributed by atoms with Crippen molar-refractivity contribution in [3.8, 4) is 11.5 Å². The summed E-state index contributed by atoms with van der Waals surface area (Å²) in [5.74, 6) is -0.920. The van der Waals surface area contributed by atoms with Crippen molar-refractivity contribution >= 4 is 17.7 Å². The first-order valence-corrected chi connectivity index (χ1v) is 8.72. The number of carbonyl (C=O) groups excluding carboxylic acids is 3. The lowest BCUT2D eigenvalue weighted by atomic mass is 9.91. The maximum Gasteiger partial charge on any atom is 0.325 e. The molecule has 2 aromatic carbocycles. The van der Waals surface area contributed by atoms with Crippen LogP contribution < -0.4 is 14.8 Å². The summed E-state index contributed by atoms with van der Waals surface area (Å²) in [7, 11) is 0. The summed E-state index contributed by atoms with van der Waals surface area (Å²) in [6.07, 6.45) is 0. The van der Waals surface area contributed by atoms with Gasteiger partial charge in [-0.1, -0.05) is 18.2 Å². The number of imide groups is 1. The molecule has 2 aliphatic heterocycles. The van der Waals surface area contributed by atoms with Crippen LogP contribution in [0.25, 0.3) is 0 Å². The molecule has 2 heterocycles. The predicted molar refractivity (Wildman–Crippen MR) is 95.8 cm³/mol. The number of urea groups is 1. The maximum absolute atomic E-state index is 13.8. The van der Waals surface area contributed by atoms with Gasteiger partial charge in [-0.25, -0.2) is 9.18 Å². The van der Waals surface area contributed by atoms with E-state index in [2.05, 4.69) is 5.32 Å². The molecule has 0 saturated carbocycles. The predicted octanol–water partition coefficient (Wildman–Crippen LogP) is 2.25. The SMILES string of the molecule is CC1(c2ccc3c(c2)OCCO3)NC(=O)N(CC(=O)c2ccccc2F)C1=O. The van der Waals surface area contributed by atoms with Crippen LogP contribution in [0.15, 0.2) is 42.5 Å². The van der Waals surface area contributed by atoms with E-state index in [-0.39, 0.29) is 5.56 Å².